The van der Waals surface area contributed by atoms with Gasteiger partial charge in [-0.3, -0.25) is 4.79 Å². The van der Waals surface area contributed by atoms with Crippen molar-refractivity contribution in [3.8, 4) is 0 Å². The van der Waals surface area contributed by atoms with Crippen LogP contribution in [-0.4, -0.2) is 11.1 Å². The maximum atomic E-state index is 10.6. The van der Waals surface area contributed by atoms with Gasteiger partial charge >= 0.3 is 5.97 Å². The average molecular weight is 150 g/mol. The lowest BCUT2D eigenvalue weighted by Gasteiger charge is -2.18. The van der Waals surface area contributed by atoms with Crippen molar-refractivity contribution in [3.05, 3.63) is 11.1 Å². The molecule has 0 aromatic rings. The Bertz CT molecular complexity index is 257. The second-order valence-electron chi connectivity index (χ2n) is 3.83. The summed E-state index contributed by atoms with van der Waals surface area (Å²) in [6, 6.07) is 0. The Balaban J connectivity index is 1.84. The maximum absolute atomic E-state index is 10.6. The van der Waals surface area contributed by atoms with Crippen LogP contribution >= 0.6 is 0 Å². The molecule has 3 aliphatic rings. The quantitative estimate of drug-likeness (QED) is 0.574. The normalized spacial score (nSPS) is 44.5. The van der Waals surface area contributed by atoms with Gasteiger partial charge in [0.05, 0.1) is 5.92 Å². The van der Waals surface area contributed by atoms with E-state index in [4.69, 9.17) is 5.11 Å². The predicted molar refractivity (Wildman–Crippen MR) is 39.0 cm³/mol. The lowest BCUT2D eigenvalue weighted by Crippen LogP contribution is -2.09. The summed E-state index contributed by atoms with van der Waals surface area (Å²) in [7, 11) is 0. The minimum absolute atomic E-state index is 0.0923. The molecule has 3 atom stereocenters. The summed E-state index contributed by atoms with van der Waals surface area (Å²) in [5.41, 5.74) is 2.61. The molecular formula is C9H10O2. The van der Waals surface area contributed by atoms with E-state index in [9.17, 15) is 4.79 Å². The van der Waals surface area contributed by atoms with E-state index >= 15 is 0 Å². The Hall–Kier alpha value is -0.790. The fraction of sp³-hybridized carbons (Fsp3) is 0.667. The number of carbonyl (C=O) groups is 1. The highest BCUT2D eigenvalue weighted by molar-refractivity contribution is 5.87. The van der Waals surface area contributed by atoms with Gasteiger partial charge in [0.15, 0.2) is 0 Å². The molecule has 1 saturated carbocycles. The molecule has 3 rings (SSSR count). The molecule has 0 bridgehead atoms. The predicted octanol–water partition coefficient (Wildman–Crippen LogP) is 1.43. The van der Waals surface area contributed by atoms with Crippen molar-refractivity contribution in [2.45, 2.75) is 19.3 Å². The van der Waals surface area contributed by atoms with Gasteiger partial charge in [0, 0.05) is 0 Å². The first-order valence-corrected chi connectivity index (χ1v) is 4.27. The number of carboxylic acid groups (broad SMARTS) is 1. The van der Waals surface area contributed by atoms with Crippen LogP contribution in [0.25, 0.3) is 0 Å². The number of carboxylic acids is 1. The molecule has 2 nitrogen and oxygen atoms in total. The van der Waals surface area contributed by atoms with Crippen LogP contribution in [0.1, 0.15) is 19.3 Å². The monoisotopic (exact) mass is 150 g/mol. The molecule has 1 fully saturated rings. The Morgan fingerprint density at radius 3 is 2.27 bits per heavy atom. The summed E-state index contributed by atoms with van der Waals surface area (Å²) >= 11 is 0. The lowest BCUT2D eigenvalue weighted by atomic mass is 9.86. The molecule has 1 unspecified atom stereocenters. The second-order valence-corrected chi connectivity index (χ2v) is 3.83. The molecular weight excluding hydrogens is 140 g/mol. The molecule has 0 radical (unpaired) electrons. The zero-order valence-corrected chi connectivity index (χ0v) is 6.21. The van der Waals surface area contributed by atoms with Gasteiger partial charge in [-0.15, -0.1) is 0 Å². The number of fused-ring (bicyclic) bond motifs is 3. The van der Waals surface area contributed by atoms with Crippen LogP contribution in [0, 0.1) is 17.8 Å². The Labute approximate surface area is 64.9 Å². The summed E-state index contributed by atoms with van der Waals surface area (Å²) in [6.07, 6.45) is 3.83. The third-order valence-corrected chi connectivity index (χ3v) is 3.43. The summed E-state index contributed by atoms with van der Waals surface area (Å²) in [4.78, 5) is 10.6. The van der Waals surface area contributed by atoms with Gasteiger partial charge in [-0.05, 0) is 35.8 Å². The van der Waals surface area contributed by atoms with E-state index in [1.54, 1.807) is 0 Å². The average Bonchev–Trinajstić information content (AvgIpc) is 2.46. The largest absolute Gasteiger partial charge is 0.481 e. The van der Waals surface area contributed by atoms with Crippen molar-refractivity contribution in [2.24, 2.45) is 17.8 Å². The van der Waals surface area contributed by atoms with Crippen LogP contribution in [0.2, 0.25) is 0 Å². The first-order valence-electron chi connectivity index (χ1n) is 4.27. The molecule has 0 saturated heterocycles. The van der Waals surface area contributed by atoms with E-state index in [0.717, 1.165) is 0 Å². The molecule has 0 aromatic carbocycles. The highest BCUT2D eigenvalue weighted by atomic mass is 16.4. The third-order valence-electron chi connectivity index (χ3n) is 3.43. The van der Waals surface area contributed by atoms with E-state index in [-0.39, 0.29) is 5.92 Å². The van der Waals surface area contributed by atoms with Crippen molar-refractivity contribution < 1.29 is 9.90 Å². The fourth-order valence-corrected chi connectivity index (χ4v) is 2.99. The van der Waals surface area contributed by atoms with Crippen LogP contribution in [0.15, 0.2) is 11.1 Å². The Morgan fingerprint density at radius 1 is 1.27 bits per heavy atom. The summed E-state index contributed by atoms with van der Waals surface area (Å²) in [5, 5.41) is 8.75. The fourth-order valence-electron chi connectivity index (χ4n) is 2.99. The van der Waals surface area contributed by atoms with E-state index in [1.165, 1.54) is 30.4 Å². The summed E-state index contributed by atoms with van der Waals surface area (Å²) in [6.45, 7) is 0. The molecule has 58 valence electrons. The van der Waals surface area contributed by atoms with Gasteiger partial charge in [0.1, 0.15) is 0 Å². The van der Waals surface area contributed by atoms with Crippen LogP contribution in [0.4, 0.5) is 0 Å². The smallest absolute Gasteiger partial charge is 0.314 e. The SMILES string of the molecule is O=C(O)C1C2=C1[C@@H]1CCC[C@H]21. The topological polar surface area (TPSA) is 37.3 Å². The van der Waals surface area contributed by atoms with Gasteiger partial charge in [0.25, 0.3) is 0 Å². The van der Waals surface area contributed by atoms with E-state index in [1.807, 2.05) is 0 Å². The van der Waals surface area contributed by atoms with Crippen molar-refractivity contribution in [1.29, 1.82) is 0 Å². The highest BCUT2D eigenvalue weighted by Crippen LogP contribution is 2.67. The molecule has 0 aromatic heterocycles. The van der Waals surface area contributed by atoms with Gasteiger partial charge in [-0.2, -0.15) is 0 Å². The van der Waals surface area contributed by atoms with Crippen molar-refractivity contribution >= 4 is 5.97 Å². The highest BCUT2D eigenvalue weighted by Gasteiger charge is 2.61. The van der Waals surface area contributed by atoms with Gasteiger partial charge in [0.2, 0.25) is 0 Å². The van der Waals surface area contributed by atoms with E-state index in [2.05, 4.69) is 0 Å². The zero-order valence-electron chi connectivity index (χ0n) is 6.21. The van der Waals surface area contributed by atoms with E-state index < -0.39 is 5.97 Å². The number of rotatable bonds is 1. The summed E-state index contributed by atoms with van der Waals surface area (Å²) < 4.78 is 0. The Kier molecular flexibility index (Phi) is 0.803. The third kappa shape index (κ3) is 0.492. The molecule has 0 spiro atoms. The molecule has 0 aliphatic heterocycles. The van der Waals surface area contributed by atoms with Crippen molar-refractivity contribution in [3.63, 3.8) is 0 Å². The molecule has 0 amide bonds. The van der Waals surface area contributed by atoms with Gasteiger partial charge in [-0.1, -0.05) is 6.42 Å². The van der Waals surface area contributed by atoms with Crippen LogP contribution in [-0.2, 0) is 4.79 Å². The van der Waals surface area contributed by atoms with Crippen LogP contribution < -0.4 is 0 Å². The molecule has 0 heterocycles. The molecule has 3 aliphatic carbocycles. The number of hydrogen-bond acceptors (Lipinski definition) is 1. The lowest BCUT2D eigenvalue weighted by molar-refractivity contribution is -0.137. The summed E-state index contributed by atoms with van der Waals surface area (Å²) in [5.74, 6) is 0.701. The molecule has 1 N–H and O–H groups in total. The first kappa shape index (κ1) is 5.81. The van der Waals surface area contributed by atoms with Crippen LogP contribution in [0.5, 0.6) is 0 Å². The second kappa shape index (κ2) is 1.52. The minimum atomic E-state index is -0.607. The number of aliphatic carboxylic acids is 1. The van der Waals surface area contributed by atoms with E-state index in [0.29, 0.717) is 11.8 Å². The van der Waals surface area contributed by atoms with Crippen LogP contribution in [0.3, 0.4) is 0 Å². The Morgan fingerprint density at radius 2 is 1.82 bits per heavy atom. The van der Waals surface area contributed by atoms with Crippen molar-refractivity contribution in [1.82, 2.24) is 0 Å². The minimum Gasteiger partial charge on any atom is -0.481 e. The first-order chi connectivity index (χ1) is 5.30. The van der Waals surface area contributed by atoms with Gasteiger partial charge < -0.3 is 5.11 Å². The molecule has 11 heavy (non-hydrogen) atoms. The standard InChI is InChI=1S/C9H10O2/c10-9(11)8-6-4-2-1-3-5(4)7(6)8/h4-5,8H,1-3H2,(H,10,11)/t4-,5+,8?. The maximum Gasteiger partial charge on any atom is 0.314 e. The number of hydrogen-bond donors (Lipinski definition) is 1. The van der Waals surface area contributed by atoms with Gasteiger partial charge in [-0.25, -0.2) is 0 Å². The zero-order chi connectivity index (χ0) is 7.59. The van der Waals surface area contributed by atoms with Crippen molar-refractivity contribution in [2.75, 3.05) is 0 Å². The molecule has 2 heteroatoms.